The van der Waals surface area contributed by atoms with Gasteiger partial charge in [0.25, 0.3) is 11.7 Å². The summed E-state index contributed by atoms with van der Waals surface area (Å²) in [6.45, 7) is 0. The van der Waals surface area contributed by atoms with Crippen LogP contribution in [0.15, 0.2) is 16.6 Å². The van der Waals surface area contributed by atoms with Crippen molar-refractivity contribution in [3.05, 3.63) is 27.7 Å². The molecular formula is C9H4BrNO4. The first-order valence-electron chi connectivity index (χ1n) is 3.94. The average Bonchev–Trinajstić information content (AvgIpc) is 2.44. The first-order chi connectivity index (χ1) is 7.02. The summed E-state index contributed by atoms with van der Waals surface area (Å²) in [5, 5.41) is 11.1. The van der Waals surface area contributed by atoms with Crippen molar-refractivity contribution < 1.29 is 19.5 Å². The van der Waals surface area contributed by atoms with Gasteiger partial charge in [-0.1, -0.05) is 0 Å². The van der Waals surface area contributed by atoms with Crippen LogP contribution in [-0.4, -0.2) is 22.8 Å². The van der Waals surface area contributed by atoms with Gasteiger partial charge in [0.15, 0.2) is 0 Å². The number of halogens is 1. The van der Waals surface area contributed by atoms with Crippen molar-refractivity contribution in [3.8, 4) is 0 Å². The Balaban J connectivity index is 2.75. The number of fused-ring (bicyclic) bond motifs is 1. The number of carbonyl (C=O) groups is 3. The molecule has 76 valence electrons. The minimum absolute atomic E-state index is 0.0619. The number of Topliss-reactive ketones (excluding diaryl/α,β-unsaturated/α-hetero) is 1. The van der Waals surface area contributed by atoms with E-state index in [1.165, 1.54) is 12.1 Å². The van der Waals surface area contributed by atoms with Crippen molar-refractivity contribution in [2.24, 2.45) is 0 Å². The van der Waals surface area contributed by atoms with E-state index in [0.717, 1.165) is 0 Å². The van der Waals surface area contributed by atoms with Gasteiger partial charge in [-0.25, -0.2) is 4.79 Å². The molecule has 0 fully saturated rings. The van der Waals surface area contributed by atoms with Crippen molar-refractivity contribution in [1.29, 1.82) is 0 Å². The van der Waals surface area contributed by atoms with E-state index in [4.69, 9.17) is 5.11 Å². The molecule has 1 aliphatic rings. The molecule has 0 aliphatic carbocycles. The highest BCUT2D eigenvalue weighted by molar-refractivity contribution is 9.10. The maximum absolute atomic E-state index is 11.4. The van der Waals surface area contributed by atoms with Crippen LogP contribution in [0, 0.1) is 0 Å². The Hall–Kier alpha value is -1.69. The number of aromatic carboxylic acids is 1. The predicted molar refractivity (Wildman–Crippen MR) is 54.1 cm³/mol. The molecule has 15 heavy (non-hydrogen) atoms. The number of ketones is 1. The number of hydrogen-bond acceptors (Lipinski definition) is 3. The number of carboxylic acids is 1. The van der Waals surface area contributed by atoms with E-state index >= 15 is 0 Å². The van der Waals surface area contributed by atoms with Crippen LogP contribution in [0.25, 0.3) is 0 Å². The van der Waals surface area contributed by atoms with Gasteiger partial charge in [-0.15, -0.1) is 0 Å². The Labute approximate surface area is 92.2 Å². The monoisotopic (exact) mass is 269 g/mol. The highest BCUT2D eigenvalue weighted by Crippen LogP contribution is 2.33. The molecule has 0 radical (unpaired) electrons. The number of amides is 1. The van der Waals surface area contributed by atoms with Crippen LogP contribution in [0.5, 0.6) is 0 Å². The first-order valence-corrected chi connectivity index (χ1v) is 4.73. The molecule has 1 aromatic rings. The van der Waals surface area contributed by atoms with Gasteiger partial charge < -0.3 is 10.4 Å². The molecule has 0 spiro atoms. The van der Waals surface area contributed by atoms with Gasteiger partial charge >= 0.3 is 5.97 Å². The zero-order valence-electron chi connectivity index (χ0n) is 7.20. The second kappa shape index (κ2) is 3.16. The van der Waals surface area contributed by atoms with Crippen LogP contribution in [0.2, 0.25) is 0 Å². The Bertz CT molecular complexity index is 509. The molecule has 2 N–H and O–H groups in total. The number of anilines is 1. The van der Waals surface area contributed by atoms with Crippen LogP contribution < -0.4 is 5.32 Å². The second-order valence-corrected chi connectivity index (χ2v) is 3.79. The van der Waals surface area contributed by atoms with E-state index in [1.54, 1.807) is 0 Å². The summed E-state index contributed by atoms with van der Waals surface area (Å²) in [4.78, 5) is 33.2. The molecule has 1 aliphatic heterocycles. The maximum Gasteiger partial charge on any atom is 0.337 e. The molecule has 0 saturated heterocycles. The molecule has 1 aromatic carbocycles. The number of carboxylic acid groups (broad SMARTS) is 1. The highest BCUT2D eigenvalue weighted by atomic mass is 79.9. The van der Waals surface area contributed by atoms with Crippen LogP contribution in [0.4, 0.5) is 5.69 Å². The summed E-state index contributed by atoms with van der Waals surface area (Å²) in [7, 11) is 0. The number of benzene rings is 1. The highest BCUT2D eigenvalue weighted by Gasteiger charge is 2.33. The molecule has 6 heteroatoms. The Morgan fingerprint density at radius 1 is 1.33 bits per heavy atom. The molecule has 1 heterocycles. The third-order valence-corrected chi connectivity index (χ3v) is 2.72. The number of carbonyl (C=O) groups excluding carboxylic acids is 2. The molecule has 0 saturated carbocycles. The summed E-state index contributed by atoms with van der Waals surface area (Å²) < 4.78 is 0.408. The molecule has 0 atom stereocenters. The minimum atomic E-state index is -1.19. The third kappa shape index (κ3) is 1.33. The molecule has 2 rings (SSSR count). The largest absolute Gasteiger partial charge is 0.478 e. The van der Waals surface area contributed by atoms with Gasteiger partial charge in [-0.2, -0.15) is 0 Å². The lowest BCUT2D eigenvalue weighted by atomic mass is 10.1. The smallest absolute Gasteiger partial charge is 0.337 e. The molecular weight excluding hydrogens is 266 g/mol. The standard InChI is InChI=1S/C9H4BrNO4/c10-4-2-1-3(9(14)15)6-5(4)7(12)8(13)11-6/h1-2H,(H,14,15)(H,11,12,13). The lowest BCUT2D eigenvalue weighted by Gasteiger charge is -2.03. The summed E-state index contributed by atoms with van der Waals surface area (Å²) in [6.07, 6.45) is 0. The van der Waals surface area contributed by atoms with Crippen LogP contribution in [0.1, 0.15) is 20.7 Å². The van der Waals surface area contributed by atoms with Crippen LogP contribution in [0.3, 0.4) is 0 Å². The Kier molecular flexibility index (Phi) is 2.08. The summed E-state index contributed by atoms with van der Waals surface area (Å²) >= 11 is 3.09. The zero-order valence-corrected chi connectivity index (χ0v) is 8.79. The van der Waals surface area contributed by atoms with E-state index in [9.17, 15) is 14.4 Å². The minimum Gasteiger partial charge on any atom is -0.478 e. The quantitative estimate of drug-likeness (QED) is 0.753. The van der Waals surface area contributed by atoms with E-state index in [-0.39, 0.29) is 16.8 Å². The number of rotatable bonds is 1. The maximum atomic E-state index is 11.4. The van der Waals surface area contributed by atoms with Crippen molar-refractivity contribution in [3.63, 3.8) is 0 Å². The van der Waals surface area contributed by atoms with Gasteiger partial charge in [0.1, 0.15) is 0 Å². The van der Waals surface area contributed by atoms with Crippen molar-refractivity contribution >= 4 is 39.3 Å². The fraction of sp³-hybridized carbons (Fsp3) is 0. The van der Waals surface area contributed by atoms with E-state index in [0.29, 0.717) is 4.47 Å². The van der Waals surface area contributed by atoms with Crippen LogP contribution >= 0.6 is 15.9 Å². The molecule has 5 nitrogen and oxygen atoms in total. The van der Waals surface area contributed by atoms with Gasteiger partial charge in [-0.3, -0.25) is 9.59 Å². The van der Waals surface area contributed by atoms with Gasteiger partial charge in [0, 0.05) is 4.47 Å². The SMILES string of the molecule is O=C1Nc2c(C(=O)O)ccc(Br)c2C1=O. The molecule has 0 aromatic heterocycles. The normalized spacial score (nSPS) is 13.7. The average molecular weight is 270 g/mol. The summed E-state index contributed by atoms with van der Waals surface area (Å²) in [5.41, 5.74) is 0.0548. The molecule has 0 unspecified atom stereocenters. The van der Waals surface area contributed by atoms with E-state index in [2.05, 4.69) is 21.2 Å². The topological polar surface area (TPSA) is 83.5 Å². The Morgan fingerprint density at radius 2 is 2.00 bits per heavy atom. The third-order valence-electron chi connectivity index (χ3n) is 2.06. The van der Waals surface area contributed by atoms with Crippen LogP contribution in [-0.2, 0) is 4.79 Å². The fourth-order valence-corrected chi connectivity index (χ4v) is 1.90. The van der Waals surface area contributed by atoms with Crippen molar-refractivity contribution in [2.75, 3.05) is 5.32 Å². The molecule has 1 amide bonds. The number of hydrogen-bond donors (Lipinski definition) is 2. The lowest BCUT2D eigenvalue weighted by molar-refractivity contribution is -0.112. The molecule has 0 bridgehead atoms. The zero-order chi connectivity index (χ0) is 11.2. The second-order valence-electron chi connectivity index (χ2n) is 2.93. The summed E-state index contributed by atoms with van der Waals surface area (Å²) in [6, 6.07) is 2.75. The number of nitrogens with one attached hydrogen (secondary N) is 1. The summed E-state index contributed by atoms with van der Waals surface area (Å²) in [5.74, 6) is -2.71. The van der Waals surface area contributed by atoms with Crippen molar-refractivity contribution in [2.45, 2.75) is 0 Å². The van der Waals surface area contributed by atoms with E-state index in [1.807, 2.05) is 0 Å². The predicted octanol–water partition coefficient (Wildman–Crippen LogP) is 1.28. The van der Waals surface area contributed by atoms with Gasteiger partial charge in [0.05, 0.1) is 16.8 Å². The first kappa shape index (κ1) is 9.85. The lowest BCUT2D eigenvalue weighted by Crippen LogP contribution is -2.13. The fourth-order valence-electron chi connectivity index (χ4n) is 1.39. The van der Waals surface area contributed by atoms with E-state index < -0.39 is 17.7 Å². The van der Waals surface area contributed by atoms with Gasteiger partial charge in [-0.05, 0) is 28.1 Å². The van der Waals surface area contributed by atoms with Crippen molar-refractivity contribution in [1.82, 2.24) is 0 Å². The van der Waals surface area contributed by atoms with Gasteiger partial charge in [0.2, 0.25) is 0 Å². The Morgan fingerprint density at radius 3 is 2.60 bits per heavy atom.